The molecule has 0 spiro atoms. The van der Waals surface area contributed by atoms with Crippen LogP contribution in [0.15, 0.2) is 53.5 Å². The van der Waals surface area contributed by atoms with Crippen molar-refractivity contribution in [2.45, 2.75) is 43.4 Å². The van der Waals surface area contributed by atoms with Crippen LogP contribution in [0.25, 0.3) is 0 Å². The molecule has 1 aliphatic carbocycles. The number of nitrogens with zero attached hydrogens (tertiary/aromatic N) is 2. The molecular formula is C23H24FN3O3S. The number of nitrogens with one attached hydrogen (secondary N) is 1. The summed E-state index contributed by atoms with van der Waals surface area (Å²) in [6.07, 6.45) is 4.03. The van der Waals surface area contributed by atoms with Crippen LogP contribution < -0.4 is 10.1 Å². The van der Waals surface area contributed by atoms with Gasteiger partial charge in [0.25, 0.3) is 0 Å². The van der Waals surface area contributed by atoms with Crippen LogP contribution in [0.2, 0.25) is 0 Å². The predicted octanol–water partition coefficient (Wildman–Crippen LogP) is 4.74. The van der Waals surface area contributed by atoms with E-state index < -0.39 is 5.25 Å². The molecule has 1 saturated heterocycles. The maximum absolute atomic E-state index is 13.3. The van der Waals surface area contributed by atoms with E-state index in [0.29, 0.717) is 22.3 Å². The highest BCUT2D eigenvalue weighted by Crippen LogP contribution is 2.37. The van der Waals surface area contributed by atoms with Gasteiger partial charge in [0.1, 0.15) is 16.8 Å². The first-order chi connectivity index (χ1) is 15.0. The van der Waals surface area contributed by atoms with Crippen LogP contribution in [0.4, 0.5) is 15.8 Å². The molecule has 2 amide bonds. The second-order valence-electron chi connectivity index (χ2n) is 7.58. The molecule has 162 valence electrons. The number of aliphatic imine (C=N–C) groups is 1. The molecule has 2 aliphatic rings. The lowest BCUT2D eigenvalue weighted by Gasteiger charge is -2.23. The Morgan fingerprint density at radius 1 is 1.19 bits per heavy atom. The van der Waals surface area contributed by atoms with E-state index in [1.807, 2.05) is 12.1 Å². The minimum absolute atomic E-state index is 0.0349. The standard InChI is InChI=1S/C23H24FN3O3S/c1-30-19-9-5-4-8-18(19)26-21(28)14-20-22(29)27(17-6-2-3-7-17)23(31-20)25-16-12-10-15(24)11-13-16/h4-5,8-13,17,20H,2-3,6-7,14H2,1H3,(H,26,28). The van der Waals surface area contributed by atoms with Crippen LogP contribution in [0.1, 0.15) is 32.1 Å². The molecular weight excluding hydrogens is 417 g/mol. The third kappa shape index (κ3) is 4.90. The number of rotatable bonds is 6. The molecule has 1 unspecified atom stereocenters. The number of amidine groups is 1. The number of halogens is 1. The lowest BCUT2D eigenvalue weighted by Crippen LogP contribution is -2.40. The van der Waals surface area contributed by atoms with Crippen molar-refractivity contribution < 1.29 is 18.7 Å². The monoisotopic (exact) mass is 441 g/mol. The fourth-order valence-electron chi connectivity index (χ4n) is 3.94. The van der Waals surface area contributed by atoms with Gasteiger partial charge in [0, 0.05) is 12.5 Å². The van der Waals surface area contributed by atoms with E-state index in [1.165, 1.54) is 23.9 Å². The summed E-state index contributed by atoms with van der Waals surface area (Å²) in [5, 5.41) is 2.87. The molecule has 4 rings (SSSR count). The third-order valence-electron chi connectivity index (χ3n) is 5.46. The Kier molecular flexibility index (Phi) is 6.56. The molecule has 2 aromatic carbocycles. The number of para-hydroxylation sites is 2. The lowest BCUT2D eigenvalue weighted by atomic mass is 10.2. The Balaban J connectivity index is 1.52. The minimum atomic E-state index is -0.547. The number of amides is 2. The van der Waals surface area contributed by atoms with Gasteiger partial charge in [-0.15, -0.1) is 0 Å². The Labute approximate surface area is 184 Å². The van der Waals surface area contributed by atoms with Gasteiger partial charge in [0.2, 0.25) is 11.8 Å². The van der Waals surface area contributed by atoms with Crippen LogP contribution in [0.3, 0.4) is 0 Å². The van der Waals surface area contributed by atoms with E-state index >= 15 is 0 Å². The van der Waals surface area contributed by atoms with Gasteiger partial charge in [0.15, 0.2) is 5.17 Å². The smallest absolute Gasteiger partial charge is 0.242 e. The maximum atomic E-state index is 13.3. The van der Waals surface area contributed by atoms with Crippen molar-refractivity contribution >= 4 is 40.1 Å². The first-order valence-electron chi connectivity index (χ1n) is 10.3. The molecule has 0 radical (unpaired) electrons. The second kappa shape index (κ2) is 9.51. The van der Waals surface area contributed by atoms with Gasteiger partial charge in [-0.1, -0.05) is 36.7 Å². The minimum Gasteiger partial charge on any atom is -0.495 e. The number of anilines is 1. The summed E-state index contributed by atoms with van der Waals surface area (Å²) in [6, 6.07) is 13.1. The fraction of sp³-hybridized carbons (Fsp3) is 0.348. The van der Waals surface area contributed by atoms with Gasteiger partial charge < -0.3 is 10.1 Å². The van der Waals surface area contributed by atoms with Gasteiger partial charge in [-0.3, -0.25) is 14.5 Å². The maximum Gasteiger partial charge on any atom is 0.242 e. The summed E-state index contributed by atoms with van der Waals surface area (Å²) in [5.41, 5.74) is 1.15. The zero-order chi connectivity index (χ0) is 21.8. The molecule has 1 aliphatic heterocycles. The number of carbonyl (C=O) groups excluding carboxylic acids is 2. The van der Waals surface area contributed by atoms with Gasteiger partial charge in [-0.05, 0) is 49.2 Å². The van der Waals surface area contributed by atoms with Crippen molar-refractivity contribution in [2.75, 3.05) is 12.4 Å². The topological polar surface area (TPSA) is 71.0 Å². The van der Waals surface area contributed by atoms with Crippen molar-refractivity contribution in [2.24, 2.45) is 4.99 Å². The number of carbonyl (C=O) groups is 2. The molecule has 0 bridgehead atoms. The van der Waals surface area contributed by atoms with E-state index in [-0.39, 0.29) is 30.1 Å². The van der Waals surface area contributed by atoms with Crippen LogP contribution in [0.5, 0.6) is 5.75 Å². The van der Waals surface area contributed by atoms with Crippen LogP contribution in [-0.2, 0) is 9.59 Å². The van der Waals surface area contributed by atoms with Crippen molar-refractivity contribution in [3.05, 3.63) is 54.3 Å². The Bertz CT molecular complexity index is 990. The molecule has 31 heavy (non-hydrogen) atoms. The zero-order valence-electron chi connectivity index (χ0n) is 17.2. The Hall–Kier alpha value is -2.87. The summed E-state index contributed by atoms with van der Waals surface area (Å²) in [5.74, 6) is -0.122. The quantitative estimate of drug-likeness (QED) is 0.703. The van der Waals surface area contributed by atoms with Gasteiger partial charge >= 0.3 is 0 Å². The third-order valence-corrected chi connectivity index (χ3v) is 6.61. The highest BCUT2D eigenvalue weighted by atomic mass is 32.2. The molecule has 2 aromatic rings. The van der Waals surface area contributed by atoms with E-state index in [2.05, 4.69) is 10.3 Å². The molecule has 1 heterocycles. The van der Waals surface area contributed by atoms with E-state index in [9.17, 15) is 14.0 Å². The summed E-state index contributed by atoms with van der Waals surface area (Å²) in [4.78, 5) is 32.3. The van der Waals surface area contributed by atoms with Crippen molar-refractivity contribution in [1.82, 2.24) is 4.90 Å². The summed E-state index contributed by atoms with van der Waals surface area (Å²) < 4.78 is 18.5. The summed E-state index contributed by atoms with van der Waals surface area (Å²) in [7, 11) is 1.54. The van der Waals surface area contributed by atoms with Crippen LogP contribution in [0, 0.1) is 5.82 Å². The van der Waals surface area contributed by atoms with Crippen molar-refractivity contribution in [3.8, 4) is 5.75 Å². The Morgan fingerprint density at radius 2 is 1.90 bits per heavy atom. The van der Waals surface area contributed by atoms with Gasteiger partial charge in [-0.2, -0.15) is 0 Å². The molecule has 1 N–H and O–H groups in total. The number of methoxy groups -OCH3 is 1. The number of hydrogen-bond donors (Lipinski definition) is 1. The second-order valence-corrected chi connectivity index (χ2v) is 8.75. The van der Waals surface area contributed by atoms with Crippen LogP contribution >= 0.6 is 11.8 Å². The fourth-order valence-corrected chi connectivity index (χ4v) is 5.15. The number of hydrogen-bond acceptors (Lipinski definition) is 5. The van der Waals surface area contributed by atoms with Gasteiger partial charge in [-0.25, -0.2) is 9.38 Å². The van der Waals surface area contributed by atoms with Gasteiger partial charge in [0.05, 0.1) is 18.5 Å². The summed E-state index contributed by atoms with van der Waals surface area (Å²) in [6.45, 7) is 0. The van der Waals surface area contributed by atoms with Crippen molar-refractivity contribution in [3.63, 3.8) is 0 Å². The number of thioether (sulfide) groups is 1. The first-order valence-corrected chi connectivity index (χ1v) is 11.2. The molecule has 1 atom stereocenters. The zero-order valence-corrected chi connectivity index (χ0v) is 18.0. The number of benzene rings is 2. The largest absolute Gasteiger partial charge is 0.495 e. The van der Waals surface area contributed by atoms with Crippen molar-refractivity contribution in [1.29, 1.82) is 0 Å². The lowest BCUT2D eigenvalue weighted by molar-refractivity contribution is -0.129. The molecule has 0 aromatic heterocycles. The number of ether oxygens (including phenoxy) is 1. The van der Waals surface area contributed by atoms with E-state index in [4.69, 9.17) is 4.74 Å². The summed E-state index contributed by atoms with van der Waals surface area (Å²) >= 11 is 1.30. The normalized spacial score (nSPS) is 20.5. The molecule has 6 nitrogen and oxygen atoms in total. The molecule has 2 fully saturated rings. The highest BCUT2D eigenvalue weighted by molar-refractivity contribution is 8.15. The van der Waals surface area contributed by atoms with Crippen LogP contribution in [-0.4, -0.2) is 40.3 Å². The van der Waals surface area contributed by atoms with E-state index in [0.717, 1.165) is 25.7 Å². The predicted molar refractivity (Wildman–Crippen MR) is 120 cm³/mol. The average molecular weight is 442 g/mol. The van der Waals surface area contributed by atoms with E-state index in [1.54, 1.807) is 36.3 Å². The molecule has 1 saturated carbocycles. The average Bonchev–Trinajstić information content (AvgIpc) is 3.38. The molecule has 8 heteroatoms. The first kappa shape index (κ1) is 21.4. The SMILES string of the molecule is COc1ccccc1NC(=O)CC1SC(=Nc2ccc(F)cc2)N(C2CCCC2)C1=O. The Morgan fingerprint density at radius 3 is 2.61 bits per heavy atom. The highest BCUT2D eigenvalue weighted by Gasteiger charge is 2.43.